The van der Waals surface area contributed by atoms with Crippen molar-refractivity contribution in [2.45, 2.75) is 19.4 Å². The van der Waals surface area contributed by atoms with E-state index in [1.165, 1.54) is 13.0 Å². The van der Waals surface area contributed by atoms with Gasteiger partial charge in [-0.3, -0.25) is 4.79 Å². The number of amides is 1. The lowest BCUT2D eigenvalue weighted by atomic mass is 10.1. The average molecular weight is 241 g/mol. The highest BCUT2D eigenvalue weighted by atomic mass is 16.5. The number of morpholine rings is 1. The Bertz CT molecular complexity index is 254. The van der Waals surface area contributed by atoms with Gasteiger partial charge in [-0.2, -0.15) is 0 Å². The Hall–Kier alpha value is -0.650. The van der Waals surface area contributed by atoms with Crippen molar-refractivity contribution in [3.05, 3.63) is 0 Å². The zero-order valence-electron chi connectivity index (χ0n) is 10.6. The normalized spacial score (nSPS) is 30.4. The molecule has 0 spiro atoms. The molecule has 5 heteroatoms. The molecule has 17 heavy (non-hydrogen) atoms. The maximum atomic E-state index is 11.8. The van der Waals surface area contributed by atoms with Crippen LogP contribution in [0.15, 0.2) is 0 Å². The Morgan fingerprint density at radius 3 is 3.12 bits per heavy atom. The molecule has 0 aromatic carbocycles. The van der Waals surface area contributed by atoms with E-state index in [0.29, 0.717) is 19.1 Å². The van der Waals surface area contributed by atoms with Gasteiger partial charge in [-0.15, -0.1) is 0 Å². The standard InChI is InChI=1S/C12H23N3O2/c1-2-15-5-3-10(9-15)7-14-12(16)11-8-13-4-6-17-11/h10-11,13H,2-9H2,1H3,(H,14,16). The maximum absolute atomic E-state index is 11.8. The summed E-state index contributed by atoms with van der Waals surface area (Å²) in [5.74, 6) is 0.641. The lowest BCUT2D eigenvalue weighted by molar-refractivity contribution is -0.134. The van der Waals surface area contributed by atoms with E-state index >= 15 is 0 Å². The predicted octanol–water partition coefficient (Wildman–Crippen LogP) is -0.567. The number of carbonyl (C=O) groups is 1. The van der Waals surface area contributed by atoms with E-state index in [-0.39, 0.29) is 12.0 Å². The van der Waals surface area contributed by atoms with Crippen molar-refractivity contribution in [2.24, 2.45) is 5.92 Å². The number of ether oxygens (including phenoxy) is 1. The van der Waals surface area contributed by atoms with Crippen LogP contribution in [0.25, 0.3) is 0 Å². The van der Waals surface area contributed by atoms with E-state index in [1.54, 1.807) is 0 Å². The van der Waals surface area contributed by atoms with Gasteiger partial charge in [-0.25, -0.2) is 0 Å². The first-order valence-electron chi connectivity index (χ1n) is 6.62. The van der Waals surface area contributed by atoms with Gasteiger partial charge in [0.15, 0.2) is 0 Å². The van der Waals surface area contributed by atoms with Crippen molar-refractivity contribution in [2.75, 3.05) is 45.9 Å². The molecule has 0 saturated carbocycles. The van der Waals surface area contributed by atoms with Gasteiger partial charge in [0.05, 0.1) is 6.61 Å². The van der Waals surface area contributed by atoms with Crippen LogP contribution in [0.4, 0.5) is 0 Å². The van der Waals surface area contributed by atoms with E-state index in [2.05, 4.69) is 22.5 Å². The van der Waals surface area contributed by atoms with Crippen molar-refractivity contribution in [1.82, 2.24) is 15.5 Å². The lowest BCUT2D eigenvalue weighted by Gasteiger charge is -2.23. The number of carbonyl (C=O) groups excluding carboxylic acids is 1. The third kappa shape index (κ3) is 3.66. The lowest BCUT2D eigenvalue weighted by Crippen LogP contribution is -2.48. The van der Waals surface area contributed by atoms with Crippen LogP contribution in [-0.4, -0.2) is 62.8 Å². The first-order chi connectivity index (χ1) is 8.29. The van der Waals surface area contributed by atoms with Crippen molar-refractivity contribution >= 4 is 5.91 Å². The van der Waals surface area contributed by atoms with Gasteiger partial charge in [0, 0.05) is 26.2 Å². The number of rotatable bonds is 4. The minimum Gasteiger partial charge on any atom is -0.366 e. The summed E-state index contributed by atoms with van der Waals surface area (Å²) in [5, 5.41) is 6.17. The zero-order chi connectivity index (χ0) is 12.1. The second-order valence-electron chi connectivity index (χ2n) is 4.86. The minimum absolute atomic E-state index is 0.0344. The first-order valence-corrected chi connectivity index (χ1v) is 6.62. The molecule has 2 heterocycles. The van der Waals surface area contributed by atoms with Crippen LogP contribution in [0.2, 0.25) is 0 Å². The second kappa shape index (κ2) is 6.33. The third-order valence-electron chi connectivity index (χ3n) is 3.60. The van der Waals surface area contributed by atoms with Crippen LogP contribution in [0.1, 0.15) is 13.3 Å². The van der Waals surface area contributed by atoms with Crippen LogP contribution in [0.5, 0.6) is 0 Å². The molecule has 0 radical (unpaired) electrons. The molecule has 98 valence electrons. The molecule has 2 saturated heterocycles. The number of nitrogens with zero attached hydrogens (tertiary/aromatic N) is 1. The molecular weight excluding hydrogens is 218 g/mol. The van der Waals surface area contributed by atoms with Gasteiger partial charge in [0.25, 0.3) is 0 Å². The molecule has 2 rings (SSSR count). The summed E-state index contributed by atoms with van der Waals surface area (Å²) in [4.78, 5) is 14.2. The summed E-state index contributed by atoms with van der Waals surface area (Å²) in [5.41, 5.74) is 0. The highest BCUT2D eigenvalue weighted by Gasteiger charge is 2.25. The van der Waals surface area contributed by atoms with Crippen LogP contribution in [-0.2, 0) is 9.53 Å². The van der Waals surface area contributed by atoms with E-state index in [0.717, 1.165) is 26.2 Å². The van der Waals surface area contributed by atoms with Gasteiger partial charge in [-0.1, -0.05) is 6.92 Å². The van der Waals surface area contributed by atoms with Gasteiger partial charge in [-0.05, 0) is 25.4 Å². The Kier molecular flexibility index (Phi) is 4.76. The number of nitrogens with one attached hydrogen (secondary N) is 2. The van der Waals surface area contributed by atoms with Crippen molar-refractivity contribution in [3.8, 4) is 0 Å². The van der Waals surface area contributed by atoms with E-state index in [9.17, 15) is 4.79 Å². The fourth-order valence-electron chi connectivity index (χ4n) is 2.46. The largest absolute Gasteiger partial charge is 0.366 e. The summed E-state index contributed by atoms with van der Waals surface area (Å²) in [6.07, 6.45) is 0.894. The van der Waals surface area contributed by atoms with Crippen LogP contribution in [0, 0.1) is 5.92 Å². The molecule has 0 aliphatic carbocycles. The molecule has 0 aromatic heterocycles. The highest BCUT2D eigenvalue weighted by Crippen LogP contribution is 2.14. The van der Waals surface area contributed by atoms with Gasteiger partial charge < -0.3 is 20.3 Å². The Morgan fingerprint density at radius 2 is 2.47 bits per heavy atom. The van der Waals surface area contributed by atoms with E-state index in [1.807, 2.05) is 0 Å². The number of hydrogen-bond acceptors (Lipinski definition) is 4. The van der Waals surface area contributed by atoms with Gasteiger partial charge >= 0.3 is 0 Å². The molecular formula is C12H23N3O2. The molecule has 2 aliphatic rings. The average Bonchev–Trinajstić information content (AvgIpc) is 2.85. The number of hydrogen-bond donors (Lipinski definition) is 2. The van der Waals surface area contributed by atoms with E-state index < -0.39 is 0 Å². The third-order valence-corrected chi connectivity index (χ3v) is 3.60. The Balaban J connectivity index is 1.65. The Morgan fingerprint density at radius 1 is 1.59 bits per heavy atom. The fourth-order valence-corrected chi connectivity index (χ4v) is 2.46. The molecule has 5 nitrogen and oxygen atoms in total. The molecule has 2 aliphatic heterocycles. The molecule has 2 unspecified atom stereocenters. The van der Waals surface area contributed by atoms with E-state index in [4.69, 9.17) is 4.74 Å². The van der Waals surface area contributed by atoms with Crippen molar-refractivity contribution in [3.63, 3.8) is 0 Å². The summed E-state index contributed by atoms with van der Waals surface area (Å²) in [6.45, 7) is 8.47. The van der Waals surface area contributed by atoms with Crippen molar-refractivity contribution in [1.29, 1.82) is 0 Å². The van der Waals surface area contributed by atoms with Gasteiger partial charge in [0.2, 0.25) is 5.91 Å². The fraction of sp³-hybridized carbons (Fsp3) is 0.917. The topological polar surface area (TPSA) is 53.6 Å². The van der Waals surface area contributed by atoms with Crippen LogP contribution < -0.4 is 10.6 Å². The maximum Gasteiger partial charge on any atom is 0.250 e. The SMILES string of the molecule is CCN1CCC(CNC(=O)C2CNCCO2)C1. The molecule has 2 fully saturated rings. The molecule has 2 N–H and O–H groups in total. The number of likely N-dealkylation sites (tertiary alicyclic amines) is 1. The zero-order valence-corrected chi connectivity index (χ0v) is 10.6. The first kappa shape index (κ1) is 12.8. The highest BCUT2D eigenvalue weighted by molar-refractivity contribution is 5.81. The smallest absolute Gasteiger partial charge is 0.250 e. The van der Waals surface area contributed by atoms with Gasteiger partial charge in [0.1, 0.15) is 6.10 Å². The summed E-state index contributed by atoms with van der Waals surface area (Å²) >= 11 is 0. The Labute approximate surface area is 103 Å². The summed E-state index contributed by atoms with van der Waals surface area (Å²) in [7, 11) is 0. The van der Waals surface area contributed by atoms with Crippen molar-refractivity contribution < 1.29 is 9.53 Å². The van der Waals surface area contributed by atoms with Crippen LogP contribution >= 0.6 is 0 Å². The quantitative estimate of drug-likeness (QED) is 0.692. The van der Waals surface area contributed by atoms with Crippen LogP contribution in [0.3, 0.4) is 0 Å². The molecule has 0 aromatic rings. The monoisotopic (exact) mass is 241 g/mol. The molecule has 2 atom stereocenters. The summed E-state index contributed by atoms with van der Waals surface area (Å²) < 4.78 is 5.41. The molecule has 1 amide bonds. The molecule has 0 bridgehead atoms. The summed E-state index contributed by atoms with van der Waals surface area (Å²) in [6, 6.07) is 0. The second-order valence-corrected chi connectivity index (χ2v) is 4.86. The predicted molar refractivity (Wildman–Crippen MR) is 65.8 cm³/mol. The minimum atomic E-state index is -0.299.